The Morgan fingerprint density at radius 3 is 2.44 bits per heavy atom. The SMILES string of the molecule is CCC(=O)N1CCC2(CC1)CN(CCN)C2. The summed E-state index contributed by atoms with van der Waals surface area (Å²) in [6, 6.07) is 0. The second-order valence-electron chi connectivity index (χ2n) is 5.23. The summed E-state index contributed by atoms with van der Waals surface area (Å²) in [5.41, 5.74) is 6.06. The van der Waals surface area contributed by atoms with E-state index < -0.39 is 0 Å². The lowest BCUT2D eigenvalue weighted by Crippen LogP contribution is -2.61. The van der Waals surface area contributed by atoms with Gasteiger partial charge in [-0.15, -0.1) is 0 Å². The summed E-state index contributed by atoms with van der Waals surface area (Å²) in [5.74, 6) is 0.313. The van der Waals surface area contributed by atoms with Crippen molar-refractivity contribution in [1.29, 1.82) is 0 Å². The van der Waals surface area contributed by atoms with Crippen LogP contribution in [0.15, 0.2) is 0 Å². The molecule has 92 valence electrons. The van der Waals surface area contributed by atoms with Gasteiger partial charge in [0.1, 0.15) is 0 Å². The summed E-state index contributed by atoms with van der Waals surface area (Å²) in [4.78, 5) is 16.0. The zero-order valence-electron chi connectivity index (χ0n) is 10.2. The number of carbonyl (C=O) groups excluding carboxylic acids is 1. The van der Waals surface area contributed by atoms with Crippen LogP contribution in [0.1, 0.15) is 26.2 Å². The fourth-order valence-corrected chi connectivity index (χ4v) is 3.01. The highest BCUT2D eigenvalue weighted by Gasteiger charge is 2.44. The van der Waals surface area contributed by atoms with Gasteiger partial charge in [0.25, 0.3) is 0 Å². The zero-order valence-corrected chi connectivity index (χ0v) is 10.2. The molecular formula is C12H23N3O. The third-order valence-corrected chi connectivity index (χ3v) is 4.04. The molecule has 0 unspecified atom stereocenters. The van der Waals surface area contributed by atoms with E-state index in [9.17, 15) is 4.79 Å². The van der Waals surface area contributed by atoms with Crippen LogP contribution in [-0.4, -0.2) is 55.0 Å². The van der Waals surface area contributed by atoms with E-state index in [0.29, 0.717) is 17.7 Å². The summed E-state index contributed by atoms with van der Waals surface area (Å²) >= 11 is 0. The van der Waals surface area contributed by atoms with Crippen molar-refractivity contribution in [2.75, 3.05) is 39.3 Å². The van der Waals surface area contributed by atoms with E-state index in [1.54, 1.807) is 0 Å². The van der Waals surface area contributed by atoms with Crippen molar-refractivity contribution in [3.8, 4) is 0 Å². The topological polar surface area (TPSA) is 49.6 Å². The first-order valence-electron chi connectivity index (χ1n) is 6.39. The summed E-state index contributed by atoms with van der Waals surface area (Å²) in [6.07, 6.45) is 3.01. The Bertz CT molecular complexity index is 251. The van der Waals surface area contributed by atoms with E-state index in [1.807, 2.05) is 11.8 Å². The van der Waals surface area contributed by atoms with Crippen molar-refractivity contribution in [2.45, 2.75) is 26.2 Å². The molecule has 0 aromatic carbocycles. The highest BCUT2D eigenvalue weighted by Crippen LogP contribution is 2.40. The largest absolute Gasteiger partial charge is 0.343 e. The van der Waals surface area contributed by atoms with Gasteiger partial charge < -0.3 is 15.5 Å². The van der Waals surface area contributed by atoms with Crippen LogP contribution in [0, 0.1) is 5.41 Å². The predicted octanol–water partition coefficient (Wildman–Crippen LogP) is 0.280. The lowest BCUT2D eigenvalue weighted by molar-refractivity contribution is -0.135. The summed E-state index contributed by atoms with van der Waals surface area (Å²) < 4.78 is 0. The van der Waals surface area contributed by atoms with Gasteiger partial charge >= 0.3 is 0 Å². The quantitative estimate of drug-likeness (QED) is 0.750. The molecule has 16 heavy (non-hydrogen) atoms. The van der Waals surface area contributed by atoms with Crippen LogP contribution >= 0.6 is 0 Å². The average Bonchev–Trinajstić information content (AvgIpc) is 2.27. The molecule has 0 aromatic heterocycles. The van der Waals surface area contributed by atoms with E-state index in [1.165, 1.54) is 25.9 Å². The minimum Gasteiger partial charge on any atom is -0.343 e. The molecule has 2 N–H and O–H groups in total. The number of piperidine rings is 1. The number of hydrogen-bond donors (Lipinski definition) is 1. The molecule has 0 saturated carbocycles. The van der Waals surface area contributed by atoms with Crippen LogP contribution in [0.4, 0.5) is 0 Å². The smallest absolute Gasteiger partial charge is 0.222 e. The van der Waals surface area contributed by atoms with Crippen LogP contribution < -0.4 is 5.73 Å². The van der Waals surface area contributed by atoms with Crippen molar-refractivity contribution in [3.63, 3.8) is 0 Å². The van der Waals surface area contributed by atoms with Crippen LogP contribution in [0.5, 0.6) is 0 Å². The van der Waals surface area contributed by atoms with E-state index in [-0.39, 0.29) is 0 Å². The molecule has 0 aromatic rings. The molecule has 1 amide bonds. The Morgan fingerprint density at radius 2 is 1.94 bits per heavy atom. The standard InChI is InChI=1S/C12H23N3O/c1-2-11(16)15-6-3-12(4-7-15)9-14(10-12)8-5-13/h2-10,13H2,1H3. The Labute approximate surface area is 97.8 Å². The van der Waals surface area contributed by atoms with Crippen molar-refractivity contribution >= 4 is 5.91 Å². The Morgan fingerprint density at radius 1 is 1.31 bits per heavy atom. The van der Waals surface area contributed by atoms with Gasteiger partial charge in [-0.3, -0.25) is 4.79 Å². The van der Waals surface area contributed by atoms with Gasteiger partial charge in [0.2, 0.25) is 5.91 Å². The van der Waals surface area contributed by atoms with Crippen molar-refractivity contribution in [1.82, 2.24) is 9.80 Å². The maximum atomic E-state index is 11.6. The van der Waals surface area contributed by atoms with E-state index in [0.717, 1.165) is 26.2 Å². The highest BCUT2D eigenvalue weighted by atomic mass is 16.2. The second-order valence-corrected chi connectivity index (χ2v) is 5.23. The highest BCUT2D eigenvalue weighted by molar-refractivity contribution is 5.75. The maximum Gasteiger partial charge on any atom is 0.222 e. The first-order chi connectivity index (χ1) is 7.69. The van der Waals surface area contributed by atoms with Crippen molar-refractivity contribution in [3.05, 3.63) is 0 Å². The van der Waals surface area contributed by atoms with Crippen LogP contribution in [0.3, 0.4) is 0 Å². The predicted molar refractivity (Wildman–Crippen MR) is 64.0 cm³/mol. The molecule has 2 aliphatic rings. The van der Waals surface area contributed by atoms with Gasteiger partial charge in [-0.25, -0.2) is 0 Å². The minimum atomic E-state index is 0.313. The molecule has 4 nitrogen and oxygen atoms in total. The van der Waals surface area contributed by atoms with Gasteiger partial charge in [0.05, 0.1) is 0 Å². The third kappa shape index (κ3) is 2.23. The third-order valence-electron chi connectivity index (χ3n) is 4.04. The first-order valence-corrected chi connectivity index (χ1v) is 6.39. The molecule has 2 fully saturated rings. The number of amides is 1. The maximum absolute atomic E-state index is 11.6. The van der Waals surface area contributed by atoms with Gasteiger partial charge in [-0.2, -0.15) is 0 Å². The number of nitrogens with two attached hydrogens (primary N) is 1. The molecule has 0 atom stereocenters. The molecule has 2 heterocycles. The molecule has 0 radical (unpaired) electrons. The van der Waals surface area contributed by atoms with E-state index in [2.05, 4.69) is 4.90 Å². The fourth-order valence-electron chi connectivity index (χ4n) is 3.01. The van der Waals surface area contributed by atoms with Gasteiger partial charge in [0.15, 0.2) is 0 Å². The van der Waals surface area contributed by atoms with Gasteiger partial charge in [-0.1, -0.05) is 6.92 Å². The monoisotopic (exact) mass is 225 g/mol. The molecule has 2 rings (SSSR count). The Balaban J connectivity index is 1.76. The van der Waals surface area contributed by atoms with Gasteiger partial charge in [-0.05, 0) is 18.3 Å². The lowest BCUT2D eigenvalue weighted by Gasteiger charge is -2.54. The lowest BCUT2D eigenvalue weighted by atomic mass is 9.72. The molecular weight excluding hydrogens is 202 g/mol. The number of nitrogens with zero attached hydrogens (tertiary/aromatic N) is 2. The van der Waals surface area contributed by atoms with Crippen LogP contribution in [-0.2, 0) is 4.79 Å². The van der Waals surface area contributed by atoms with Gasteiger partial charge in [0, 0.05) is 45.7 Å². The first kappa shape index (κ1) is 11.9. The van der Waals surface area contributed by atoms with E-state index in [4.69, 9.17) is 5.73 Å². The van der Waals surface area contributed by atoms with Crippen molar-refractivity contribution in [2.24, 2.45) is 11.1 Å². The van der Waals surface area contributed by atoms with Crippen LogP contribution in [0.2, 0.25) is 0 Å². The molecule has 1 spiro atoms. The average molecular weight is 225 g/mol. The minimum absolute atomic E-state index is 0.313. The van der Waals surface area contributed by atoms with Crippen molar-refractivity contribution < 1.29 is 4.79 Å². The Kier molecular flexibility index (Phi) is 3.50. The second kappa shape index (κ2) is 4.72. The number of rotatable bonds is 3. The summed E-state index contributed by atoms with van der Waals surface area (Å²) in [6.45, 7) is 8.04. The summed E-state index contributed by atoms with van der Waals surface area (Å²) in [7, 11) is 0. The van der Waals surface area contributed by atoms with Crippen LogP contribution in [0.25, 0.3) is 0 Å². The number of hydrogen-bond acceptors (Lipinski definition) is 3. The normalized spacial score (nSPS) is 24.5. The molecule has 2 saturated heterocycles. The Hall–Kier alpha value is -0.610. The molecule has 4 heteroatoms. The molecule has 0 aliphatic carbocycles. The fraction of sp³-hybridized carbons (Fsp3) is 0.917. The molecule has 0 bridgehead atoms. The number of carbonyl (C=O) groups is 1. The zero-order chi connectivity index (χ0) is 11.6. The molecule has 2 aliphatic heterocycles. The number of likely N-dealkylation sites (tertiary alicyclic amines) is 2. The summed E-state index contributed by atoms with van der Waals surface area (Å²) in [5, 5.41) is 0. The van der Waals surface area contributed by atoms with E-state index >= 15 is 0 Å².